The van der Waals surface area contributed by atoms with Gasteiger partial charge in [0.2, 0.25) is 33.5 Å². The highest BCUT2D eigenvalue weighted by Crippen LogP contribution is 2.32. The lowest BCUT2D eigenvalue weighted by Crippen LogP contribution is -2.61. The van der Waals surface area contributed by atoms with E-state index in [1.807, 2.05) is 35.6 Å². The van der Waals surface area contributed by atoms with E-state index in [0.29, 0.717) is 18.7 Å². The summed E-state index contributed by atoms with van der Waals surface area (Å²) in [5.41, 5.74) is 0. The van der Waals surface area contributed by atoms with E-state index in [2.05, 4.69) is 62.2 Å². The molecule has 0 aromatic carbocycles. The Morgan fingerprint density at radius 2 is 0.981 bits per heavy atom. The summed E-state index contributed by atoms with van der Waals surface area (Å²) in [7, 11) is -6.43. The zero-order valence-corrected chi connectivity index (χ0v) is 39.3. The molecule has 0 aliphatic rings. The molecule has 0 aliphatic carbocycles. The fourth-order valence-corrected chi connectivity index (χ4v) is 22.2. The first kappa shape index (κ1) is 52.7. The summed E-state index contributed by atoms with van der Waals surface area (Å²) in [6.07, 6.45) is 15.8. The number of hydrogen-bond donors (Lipinski definition) is 0. The Hall–Kier alpha value is -1.29. The summed E-state index contributed by atoms with van der Waals surface area (Å²) >= 11 is 0. The van der Waals surface area contributed by atoms with Gasteiger partial charge in [-0.05, 0) is 51.4 Å². The van der Waals surface area contributed by atoms with Gasteiger partial charge in [0.1, 0.15) is 24.8 Å². The van der Waals surface area contributed by atoms with Crippen molar-refractivity contribution >= 4 is 55.5 Å². The molecule has 1 unspecified atom stereocenters. The Labute approximate surface area is 326 Å². The van der Waals surface area contributed by atoms with Gasteiger partial charge in [0.15, 0.2) is 0 Å². The van der Waals surface area contributed by atoms with Crippen LogP contribution in [0.4, 0.5) is 0 Å². The maximum atomic E-state index is 9.22. The monoisotopic (exact) mass is 886 g/mol. The van der Waals surface area contributed by atoms with Crippen LogP contribution < -0.4 is 9.13 Å². The van der Waals surface area contributed by atoms with Crippen molar-refractivity contribution in [3.8, 4) is 0 Å². The molecule has 2 heterocycles. The van der Waals surface area contributed by atoms with Gasteiger partial charge in [-0.3, -0.25) is 8.37 Å². The molecule has 0 bridgehead atoms. The standard InChI is InChI=1S/C26H56N4O8Si4.2CH4O4S/c1-27-17-19-29(25-27)15-13-23-41(32-4,33-5)37-39(8,9)36-40(10,22-12-11-21-31-3)38-42(34-6,35-7)24-14-16-30-20-18-28(2)26-30;2*1-5-6(2,3)4/h17-20,25-26H,11-16,21-24H2,1-10H3;2*1H3,(H,2,3,4)/q+2;;/p-2. The van der Waals surface area contributed by atoms with E-state index < -0.39 is 55.5 Å². The molecule has 0 spiro atoms. The van der Waals surface area contributed by atoms with Crippen molar-refractivity contribution in [1.29, 1.82) is 0 Å². The predicted molar refractivity (Wildman–Crippen MR) is 201 cm³/mol. The number of hydrogen-bond acceptors (Lipinski definition) is 16. The van der Waals surface area contributed by atoms with Crippen LogP contribution in [0.2, 0.25) is 37.8 Å². The molecular formula is C28H62N4O16S2Si4. The van der Waals surface area contributed by atoms with E-state index in [4.69, 9.17) is 34.8 Å². The molecule has 0 N–H and O–H groups in total. The van der Waals surface area contributed by atoms with Gasteiger partial charge in [0.05, 0.1) is 41.4 Å². The first-order valence-electron chi connectivity index (χ1n) is 16.8. The maximum Gasteiger partial charge on any atom is 0.491 e. The summed E-state index contributed by atoms with van der Waals surface area (Å²) in [5.74, 6) is 0. The van der Waals surface area contributed by atoms with Crippen molar-refractivity contribution < 1.29 is 78.2 Å². The molecular weight excluding hydrogens is 825 g/mol. The first-order valence-corrected chi connectivity index (χ1v) is 28.7. The number of methoxy groups -OCH3 is 1. The van der Waals surface area contributed by atoms with Gasteiger partial charge in [-0.1, -0.05) is 0 Å². The highest BCUT2D eigenvalue weighted by Gasteiger charge is 2.53. The van der Waals surface area contributed by atoms with Gasteiger partial charge in [-0.25, -0.2) is 35.1 Å². The number of nitrogens with zero attached hydrogens (tertiary/aromatic N) is 4. The molecule has 1 atom stereocenters. The fraction of sp³-hybridized carbons (Fsp3) is 0.786. The Kier molecular flexibility index (Phi) is 24.5. The third-order valence-corrected chi connectivity index (χ3v) is 23.9. The fourth-order valence-electron chi connectivity index (χ4n) is 5.13. The number of ether oxygens (including phenoxy) is 1. The van der Waals surface area contributed by atoms with Crippen LogP contribution in [0.15, 0.2) is 37.4 Å². The lowest BCUT2D eigenvalue weighted by Gasteiger charge is -2.42. The molecule has 0 amide bonds. The maximum absolute atomic E-state index is 9.22. The molecule has 2 aromatic rings. The summed E-state index contributed by atoms with van der Waals surface area (Å²) < 4.78 is 120. The van der Waals surface area contributed by atoms with Crippen LogP contribution >= 0.6 is 0 Å². The molecule has 0 radical (unpaired) electrons. The van der Waals surface area contributed by atoms with E-state index in [-0.39, 0.29) is 0 Å². The van der Waals surface area contributed by atoms with Crippen LogP contribution in [0.3, 0.4) is 0 Å². The second kappa shape index (κ2) is 25.2. The SMILES string of the molecule is COCCCC[Si](C)(O[Si](C)(C)O[Si](CCCn1cc[n+](C)c1)(OC)OC)O[Si](CCCn1cc[n+](C)c1)(OC)OC.COS(=O)(=O)[O-].COS(=O)(=O)[O-]. The molecule has 0 fully saturated rings. The zero-order valence-electron chi connectivity index (χ0n) is 33.7. The third-order valence-electron chi connectivity index (χ3n) is 7.56. The number of imidazole rings is 2. The molecule has 0 saturated carbocycles. The van der Waals surface area contributed by atoms with Crippen molar-refractivity contribution in [2.75, 3.05) is 56.4 Å². The van der Waals surface area contributed by atoms with Crippen LogP contribution in [0.1, 0.15) is 25.7 Å². The Morgan fingerprint density at radius 1 is 0.593 bits per heavy atom. The summed E-state index contributed by atoms with van der Waals surface area (Å²) in [6, 6.07) is 2.13. The number of rotatable bonds is 25. The zero-order chi connectivity index (χ0) is 41.7. The molecule has 0 aliphatic heterocycles. The van der Waals surface area contributed by atoms with Crippen LogP contribution in [-0.2, 0) is 91.1 Å². The minimum atomic E-state index is -4.41. The Morgan fingerprint density at radius 3 is 1.30 bits per heavy atom. The van der Waals surface area contributed by atoms with Crippen molar-refractivity contribution in [2.24, 2.45) is 14.1 Å². The van der Waals surface area contributed by atoms with Crippen molar-refractivity contribution in [2.45, 2.75) is 76.5 Å². The lowest BCUT2D eigenvalue weighted by atomic mass is 10.4. The topological polar surface area (TPSA) is 224 Å². The van der Waals surface area contributed by atoms with Gasteiger partial charge in [0.25, 0.3) is 0 Å². The van der Waals surface area contributed by atoms with Gasteiger partial charge < -0.3 is 43.9 Å². The second-order valence-corrected chi connectivity index (χ2v) is 28.1. The highest BCUT2D eigenvalue weighted by atomic mass is 32.3. The van der Waals surface area contributed by atoms with Crippen molar-refractivity contribution in [3.63, 3.8) is 0 Å². The van der Waals surface area contributed by atoms with Crippen LogP contribution in [-0.4, -0.2) is 126 Å². The molecule has 318 valence electrons. The third kappa shape index (κ3) is 23.1. The highest BCUT2D eigenvalue weighted by molar-refractivity contribution is 7.81. The normalized spacial score (nSPS) is 13.8. The van der Waals surface area contributed by atoms with E-state index in [1.165, 1.54) is 0 Å². The summed E-state index contributed by atoms with van der Waals surface area (Å²) in [6.45, 7) is 8.60. The van der Waals surface area contributed by atoms with Gasteiger partial charge in [-0.15, -0.1) is 0 Å². The quantitative estimate of drug-likeness (QED) is 0.0451. The van der Waals surface area contributed by atoms with Crippen LogP contribution in [0, 0.1) is 0 Å². The van der Waals surface area contributed by atoms with Gasteiger partial charge in [-0.2, -0.15) is 0 Å². The Balaban J connectivity index is 0.00000201. The lowest BCUT2D eigenvalue weighted by molar-refractivity contribution is -0.671. The average molecular weight is 887 g/mol. The summed E-state index contributed by atoms with van der Waals surface area (Å²) in [4.78, 5) is 0. The minimum Gasteiger partial charge on any atom is -0.726 e. The molecule has 26 heteroatoms. The minimum absolute atomic E-state index is 0.681. The van der Waals surface area contributed by atoms with E-state index >= 15 is 0 Å². The predicted octanol–water partition coefficient (Wildman–Crippen LogP) is 1.32. The average Bonchev–Trinajstić information content (AvgIpc) is 3.71. The smallest absolute Gasteiger partial charge is 0.491 e. The molecule has 2 aromatic heterocycles. The number of aromatic nitrogens is 4. The molecule has 0 saturated heterocycles. The summed E-state index contributed by atoms with van der Waals surface area (Å²) in [5, 5.41) is 0. The van der Waals surface area contributed by atoms with E-state index in [9.17, 15) is 25.9 Å². The van der Waals surface area contributed by atoms with E-state index in [1.54, 1.807) is 35.5 Å². The number of unbranched alkanes of at least 4 members (excludes halogenated alkanes) is 1. The second-order valence-electron chi connectivity index (χ2n) is 12.5. The van der Waals surface area contributed by atoms with Crippen LogP contribution in [0.25, 0.3) is 0 Å². The van der Waals surface area contributed by atoms with E-state index in [0.717, 1.165) is 59.0 Å². The van der Waals surface area contributed by atoms with Gasteiger partial charge in [0, 0.05) is 54.2 Å². The molecule has 20 nitrogen and oxygen atoms in total. The number of aryl methyl sites for hydroxylation is 4. The van der Waals surface area contributed by atoms with Gasteiger partial charge >= 0.3 is 34.7 Å². The van der Waals surface area contributed by atoms with Crippen molar-refractivity contribution in [3.05, 3.63) is 37.4 Å². The Bertz CT molecular complexity index is 1500. The van der Waals surface area contributed by atoms with Crippen LogP contribution in [0.5, 0.6) is 0 Å². The molecule has 54 heavy (non-hydrogen) atoms. The largest absolute Gasteiger partial charge is 0.726 e. The van der Waals surface area contributed by atoms with Crippen molar-refractivity contribution in [1.82, 2.24) is 9.13 Å². The molecule has 2 rings (SSSR count). The first-order chi connectivity index (χ1) is 25.0.